The van der Waals surface area contributed by atoms with Crippen molar-refractivity contribution in [2.24, 2.45) is 0 Å². The fourth-order valence-electron chi connectivity index (χ4n) is 1.80. The lowest BCUT2D eigenvalue weighted by Crippen LogP contribution is -1.98. The van der Waals surface area contributed by atoms with Crippen LogP contribution in [0.3, 0.4) is 0 Å². The van der Waals surface area contributed by atoms with E-state index in [9.17, 15) is 5.11 Å². The van der Waals surface area contributed by atoms with E-state index in [2.05, 4.69) is 0 Å². The Balaban J connectivity index is 2.68. The number of para-hydroxylation sites is 1. The molecule has 82 valence electrons. The minimum Gasteiger partial charge on any atom is -0.398 e. The van der Waals surface area contributed by atoms with Gasteiger partial charge in [-0.15, -0.1) is 0 Å². The van der Waals surface area contributed by atoms with E-state index in [0.29, 0.717) is 11.4 Å². The van der Waals surface area contributed by atoms with Gasteiger partial charge in [0.05, 0.1) is 6.61 Å². The number of nitrogen functional groups attached to an aromatic ring is 2. The monoisotopic (exact) mass is 214 g/mol. The maximum atomic E-state index is 9.30. The van der Waals surface area contributed by atoms with Crippen LogP contribution in [0, 0.1) is 0 Å². The fourth-order valence-corrected chi connectivity index (χ4v) is 1.80. The summed E-state index contributed by atoms with van der Waals surface area (Å²) < 4.78 is 0. The van der Waals surface area contributed by atoms with E-state index in [1.165, 1.54) is 0 Å². The van der Waals surface area contributed by atoms with Gasteiger partial charge >= 0.3 is 0 Å². The molecular weight excluding hydrogens is 200 g/mol. The Bertz CT molecular complexity index is 509. The topological polar surface area (TPSA) is 72.3 Å². The summed E-state index contributed by atoms with van der Waals surface area (Å²) in [4.78, 5) is 0. The zero-order valence-electron chi connectivity index (χ0n) is 8.85. The summed E-state index contributed by atoms with van der Waals surface area (Å²) in [5, 5.41) is 9.30. The van der Waals surface area contributed by atoms with E-state index in [-0.39, 0.29) is 6.61 Å². The quantitative estimate of drug-likeness (QED) is 0.669. The largest absolute Gasteiger partial charge is 0.398 e. The van der Waals surface area contributed by atoms with E-state index >= 15 is 0 Å². The van der Waals surface area contributed by atoms with Gasteiger partial charge in [-0.1, -0.05) is 30.3 Å². The van der Waals surface area contributed by atoms with Gasteiger partial charge < -0.3 is 16.6 Å². The molecule has 0 heterocycles. The van der Waals surface area contributed by atoms with Gasteiger partial charge in [0.2, 0.25) is 0 Å². The molecular formula is C13H14N2O. The summed E-state index contributed by atoms with van der Waals surface area (Å²) in [6.45, 7) is -0.0469. The second-order valence-electron chi connectivity index (χ2n) is 3.63. The first-order chi connectivity index (χ1) is 7.74. The van der Waals surface area contributed by atoms with Crippen molar-refractivity contribution in [3.8, 4) is 11.1 Å². The van der Waals surface area contributed by atoms with Crippen molar-refractivity contribution in [2.45, 2.75) is 6.61 Å². The van der Waals surface area contributed by atoms with Gasteiger partial charge in [-0.05, 0) is 17.7 Å². The van der Waals surface area contributed by atoms with Gasteiger partial charge in [-0.3, -0.25) is 0 Å². The van der Waals surface area contributed by atoms with Crippen LogP contribution in [0.25, 0.3) is 11.1 Å². The lowest BCUT2D eigenvalue weighted by atomic mass is 9.97. The van der Waals surface area contributed by atoms with E-state index in [1.807, 2.05) is 36.4 Å². The van der Waals surface area contributed by atoms with E-state index < -0.39 is 0 Å². The van der Waals surface area contributed by atoms with E-state index in [4.69, 9.17) is 11.5 Å². The van der Waals surface area contributed by atoms with Crippen LogP contribution in [-0.4, -0.2) is 5.11 Å². The molecule has 0 amide bonds. The number of aliphatic hydroxyl groups is 1. The zero-order chi connectivity index (χ0) is 11.5. The molecule has 0 aliphatic rings. The van der Waals surface area contributed by atoms with Crippen LogP contribution in [-0.2, 0) is 6.61 Å². The predicted molar refractivity (Wildman–Crippen MR) is 66.6 cm³/mol. The first kappa shape index (κ1) is 10.5. The Morgan fingerprint density at radius 2 is 1.56 bits per heavy atom. The number of hydrogen-bond donors (Lipinski definition) is 3. The number of benzene rings is 2. The van der Waals surface area contributed by atoms with Gasteiger partial charge in [0.1, 0.15) is 0 Å². The van der Waals surface area contributed by atoms with Gasteiger partial charge in [-0.25, -0.2) is 0 Å². The molecule has 0 saturated heterocycles. The SMILES string of the molecule is Nc1ccccc1-c1c(N)cccc1CO. The van der Waals surface area contributed by atoms with E-state index in [0.717, 1.165) is 16.7 Å². The van der Waals surface area contributed by atoms with Crippen molar-refractivity contribution in [2.75, 3.05) is 11.5 Å². The van der Waals surface area contributed by atoms with Crippen molar-refractivity contribution in [3.05, 3.63) is 48.0 Å². The van der Waals surface area contributed by atoms with Gasteiger partial charge in [-0.2, -0.15) is 0 Å². The molecule has 2 aromatic rings. The average Bonchev–Trinajstić information content (AvgIpc) is 2.30. The highest BCUT2D eigenvalue weighted by Gasteiger charge is 2.10. The van der Waals surface area contributed by atoms with Crippen molar-refractivity contribution in [1.29, 1.82) is 0 Å². The standard InChI is InChI=1S/C13H14N2O/c14-11-6-2-1-5-10(11)13-9(8-16)4-3-7-12(13)15/h1-7,16H,8,14-15H2. The molecule has 0 radical (unpaired) electrons. The Labute approximate surface area is 94.3 Å². The average molecular weight is 214 g/mol. The highest BCUT2D eigenvalue weighted by atomic mass is 16.3. The van der Waals surface area contributed by atoms with Crippen molar-refractivity contribution in [1.82, 2.24) is 0 Å². The van der Waals surface area contributed by atoms with Gasteiger partial charge in [0, 0.05) is 22.5 Å². The smallest absolute Gasteiger partial charge is 0.0688 e. The van der Waals surface area contributed by atoms with Crippen LogP contribution in [0.4, 0.5) is 11.4 Å². The molecule has 3 nitrogen and oxygen atoms in total. The third kappa shape index (κ3) is 1.73. The summed E-state index contributed by atoms with van der Waals surface area (Å²) in [6, 6.07) is 13.0. The molecule has 0 bridgehead atoms. The molecule has 0 atom stereocenters. The fraction of sp³-hybridized carbons (Fsp3) is 0.0769. The number of hydrogen-bond acceptors (Lipinski definition) is 3. The van der Waals surface area contributed by atoms with Crippen LogP contribution in [0.2, 0.25) is 0 Å². The maximum absolute atomic E-state index is 9.30. The summed E-state index contributed by atoms with van der Waals surface area (Å²) in [7, 11) is 0. The van der Waals surface area contributed by atoms with Gasteiger partial charge in [0.15, 0.2) is 0 Å². The minimum atomic E-state index is -0.0469. The minimum absolute atomic E-state index is 0.0469. The molecule has 0 fully saturated rings. The van der Waals surface area contributed by atoms with Gasteiger partial charge in [0.25, 0.3) is 0 Å². The second-order valence-corrected chi connectivity index (χ2v) is 3.63. The number of nitrogens with two attached hydrogens (primary N) is 2. The van der Waals surface area contributed by atoms with Crippen LogP contribution in [0.15, 0.2) is 42.5 Å². The number of anilines is 2. The Kier molecular flexibility index (Phi) is 2.79. The van der Waals surface area contributed by atoms with Crippen molar-refractivity contribution >= 4 is 11.4 Å². The molecule has 5 N–H and O–H groups in total. The second kappa shape index (κ2) is 4.24. The Morgan fingerprint density at radius 3 is 2.25 bits per heavy atom. The molecule has 0 aliphatic heterocycles. The molecule has 0 aromatic heterocycles. The molecule has 2 aromatic carbocycles. The number of rotatable bonds is 2. The van der Waals surface area contributed by atoms with Crippen molar-refractivity contribution < 1.29 is 5.11 Å². The lowest BCUT2D eigenvalue weighted by Gasteiger charge is -2.12. The van der Waals surface area contributed by atoms with Crippen LogP contribution in [0.5, 0.6) is 0 Å². The molecule has 0 aliphatic carbocycles. The van der Waals surface area contributed by atoms with E-state index in [1.54, 1.807) is 6.07 Å². The van der Waals surface area contributed by atoms with Crippen LogP contribution < -0.4 is 11.5 Å². The number of aliphatic hydroxyl groups excluding tert-OH is 1. The van der Waals surface area contributed by atoms with Crippen LogP contribution >= 0.6 is 0 Å². The molecule has 2 rings (SSSR count). The molecule has 0 saturated carbocycles. The highest BCUT2D eigenvalue weighted by Crippen LogP contribution is 2.33. The summed E-state index contributed by atoms with van der Waals surface area (Å²) in [5.74, 6) is 0. The predicted octanol–water partition coefficient (Wildman–Crippen LogP) is 2.01. The highest BCUT2D eigenvalue weighted by molar-refractivity contribution is 5.86. The lowest BCUT2D eigenvalue weighted by molar-refractivity contribution is 0.282. The summed E-state index contributed by atoms with van der Waals surface area (Å²) in [6.07, 6.45) is 0. The Hall–Kier alpha value is -2.00. The molecule has 0 spiro atoms. The summed E-state index contributed by atoms with van der Waals surface area (Å²) >= 11 is 0. The maximum Gasteiger partial charge on any atom is 0.0688 e. The molecule has 0 unspecified atom stereocenters. The first-order valence-corrected chi connectivity index (χ1v) is 5.07. The van der Waals surface area contributed by atoms with Crippen molar-refractivity contribution in [3.63, 3.8) is 0 Å². The first-order valence-electron chi connectivity index (χ1n) is 5.07. The normalized spacial score (nSPS) is 10.3. The third-order valence-corrected chi connectivity index (χ3v) is 2.58. The summed E-state index contributed by atoms with van der Waals surface area (Å²) in [5.41, 5.74) is 15.6. The third-order valence-electron chi connectivity index (χ3n) is 2.58. The van der Waals surface area contributed by atoms with Crippen LogP contribution in [0.1, 0.15) is 5.56 Å². The molecule has 16 heavy (non-hydrogen) atoms. The zero-order valence-corrected chi connectivity index (χ0v) is 8.85. The Morgan fingerprint density at radius 1 is 0.875 bits per heavy atom. The molecule has 3 heteroatoms.